The van der Waals surface area contributed by atoms with Crippen LogP contribution in [0.3, 0.4) is 0 Å². The minimum Gasteiger partial charge on any atom is -0.377 e. The van der Waals surface area contributed by atoms with Gasteiger partial charge in [0.1, 0.15) is 5.57 Å². The molecule has 2 aliphatic heterocycles. The summed E-state index contributed by atoms with van der Waals surface area (Å²) in [6.45, 7) is 1.60. The highest BCUT2D eigenvalue weighted by Gasteiger charge is 2.29. The Balaban J connectivity index is 1.56. The van der Waals surface area contributed by atoms with Crippen LogP contribution in [-0.2, 0) is 16.0 Å². The van der Waals surface area contributed by atoms with E-state index in [0.717, 1.165) is 32.4 Å². The first-order valence-corrected chi connectivity index (χ1v) is 7.78. The van der Waals surface area contributed by atoms with Gasteiger partial charge in [0.2, 0.25) is 0 Å². The lowest BCUT2D eigenvalue weighted by Crippen LogP contribution is -2.52. The molecule has 120 valence electrons. The monoisotopic (exact) mass is 313 g/mol. The number of hydrogen-bond donors (Lipinski definition) is 2. The summed E-state index contributed by atoms with van der Waals surface area (Å²) in [5, 5.41) is 4.17. The van der Waals surface area contributed by atoms with E-state index in [2.05, 4.69) is 34.9 Å². The van der Waals surface area contributed by atoms with Gasteiger partial charge in [-0.3, -0.25) is 20.2 Å². The van der Waals surface area contributed by atoms with Crippen molar-refractivity contribution in [3.05, 3.63) is 47.7 Å². The van der Waals surface area contributed by atoms with Gasteiger partial charge in [-0.15, -0.1) is 0 Å². The Labute approximate surface area is 134 Å². The molecule has 0 atom stereocenters. The van der Waals surface area contributed by atoms with Crippen molar-refractivity contribution in [1.29, 1.82) is 0 Å². The van der Waals surface area contributed by atoms with Crippen LogP contribution < -0.4 is 10.6 Å². The zero-order chi connectivity index (χ0) is 16.2. The van der Waals surface area contributed by atoms with Gasteiger partial charge in [-0.2, -0.15) is 0 Å². The van der Waals surface area contributed by atoms with Crippen LogP contribution in [0.2, 0.25) is 0 Å². The van der Waals surface area contributed by atoms with Crippen LogP contribution in [0.15, 0.2) is 42.1 Å². The van der Waals surface area contributed by atoms with Crippen molar-refractivity contribution in [2.45, 2.75) is 19.3 Å². The minimum atomic E-state index is -0.765. The van der Waals surface area contributed by atoms with Crippen molar-refractivity contribution in [2.75, 3.05) is 13.1 Å². The molecule has 6 heteroatoms. The highest BCUT2D eigenvalue weighted by Crippen LogP contribution is 2.22. The van der Waals surface area contributed by atoms with E-state index in [0.29, 0.717) is 5.92 Å². The molecule has 4 amide bonds. The average Bonchev–Trinajstić information content (AvgIpc) is 2.53. The molecule has 6 nitrogen and oxygen atoms in total. The molecule has 2 fully saturated rings. The topological polar surface area (TPSA) is 78.5 Å². The van der Waals surface area contributed by atoms with E-state index < -0.39 is 17.8 Å². The number of amides is 4. The fraction of sp³-hybridized carbons (Fsp3) is 0.353. The number of carbonyl (C=O) groups is 3. The highest BCUT2D eigenvalue weighted by molar-refractivity contribution is 6.28. The molecule has 2 N–H and O–H groups in total. The summed E-state index contributed by atoms with van der Waals surface area (Å²) < 4.78 is 0. The van der Waals surface area contributed by atoms with Crippen molar-refractivity contribution < 1.29 is 14.4 Å². The number of piperidine rings is 1. The molecule has 0 saturated carbocycles. The van der Waals surface area contributed by atoms with Crippen LogP contribution in [0.5, 0.6) is 0 Å². The molecular weight excluding hydrogens is 294 g/mol. The zero-order valence-corrected chi connectivity index (χ0v) is 12.7. The molecule has 1 aromatic carbocycles. The lowest BCUT2D eigenvalue weighted by Gasteiger charge is -2.32. The lowest BCUT2D eigenvalue weighted by atomic mass is 9.90. The maximum atomic E-state index is 11.7. The second-order valence-electron chi connectivity index (χ2n) is 5.95. The van der Waals surface area contributed by atoms with Gasteiger partial charge in [0.15, 0.2) is 0 Å². The molecule has 3 rings (SSSR count). The predicted molar refractivity (Wildman–Crippen MR) is 84.2 cm³/mol. The van der Waals surface area contributed by atoms with E-state index in [1.807, 2.05) is 11.0 Å². The number of likely N-dealkylation sites (tertiary alicyclic amines) is 1. The summed E-state index contributed by atoms with van der Waals surface area (Å²) >= 11 is 0. The fourth-order valence-electron chi connectivity index (χ4n) is 3.01. The zero-order valence-electron chi connectivity index (χ0n) is 12.7. The van der Waals surface area contributed by atoms with Crippen molar-refractivity contribution in [2.24, 2.45) is 5.92 Å². The van der Waals surface area contributed by atoms with Crippen molar-refractivity contribution in [3.63, 3.8) is 0 Å². The summed E-state index contributed by atoms with van der Waals surface area (Å²) in [5.41, 5.74) is 1.33. The van der Waals surface area contributed by atoms with Crippen molar-refractivity contribution in [3.8, 4) is 0 Å². The molecule has 0 aromatic heterocycles. The van der Waals surface area contributed by atoms with Crippen LogP contribution in [0.4, 0.5) is 4.79 Å². The number of imide groups is 2. The molecule has 0 bridgehead atoms. The van der Waals surface area contributed by atoms with Gasteiger partial charge < -0.3 is 4.90 Å². The average molecular weight is 313 g/mol. The normalized spacial score (nSPS) is 19.4. The minimum absolute atomic E-state index is 0.00823. The van der Waals surface area contributed by atoms with E-state index in [1.54, 1.807) is 6.20 Å². The number of rotatable bonds is 3. The Morgan fingerprint density at radius 1 is 1.00 bits per heavy atom. The summed E-state index contributed by atoms with van der Waals surface area (Å²) in [6, 6.07) is 9.64. The predicted octanol–water partition coefficient (Wildman–Crippen LogP) is 1.19. The van der Waals surface area contributed by atoms with Gasteiger partial charge in [-0.1, -0.05) is 30.3 Å². The first-order chi connectivity index (χ1) is 11.1. The highest BCUT2D eigenvalue weighted by atomic mass is 16.2. The number of nitrogens with one attached hydrogen (secondary N) is 2. The number of carbonyl (C=O) groups excluding carboxylic acids is 3. The third kappa shape index (κ3) is 3.77. The number of benzene rings is 1. The largest absolute Gasteiger partial charge is 0.377 e. The van der Waals surface area contributed by atoms with Crippen molar-refractivity contribution in [1.82, 2.24) is 15.5 Å². The molecule has 23 heavy (non-hydrogen) atoms. The molecule has 2 saturated heterocycles. The second kappa shape index (κ2) is 6.64. The Bertz CT molecular complexity index is 624. The van der Waals surface area contributed by atoms with Crippen LogP contribution in [0.1, 0.15) is 18.4 Å². The maximum Gasteiger partial charge on any atom is 0.328 e. The van der Waals surface area contributed by atoms with E-state index in [4.69, 9.17) is 0 Å². The Morgan fingerprint density at radius 3 is 2.22 bits per heavy atom. The van der Waals surface area contributed by atoms with Gasteiger partial charge in [-0.25, -0.2) is 4.79 Å². The third-order valence-corrected chi connectivity index (χ3v) is 4.27. The van der Waals surface area contributed by atoms with Crippen molar-refractivity contribution >= 4 is 17.8 Å². The second-order valence-corrected chi connectivity index (χ2v) is 5.95. The Morgan fingerprint density at radius 2 is 1.61 bits per heavy atom. The van der Waals surface area contributed by atoms with Gasteiger partial charge in [0, 0.05) is 19.3 Å². The molecular formula is C17H19N3O3. The first-order valence-electron chi connectivity index (χ1n) is 7.78. The Hall–Kier alpha value is -2.63. The van der Waals surface area contributed by atoms with E-state index in [1.165, 1.54) is 5.56 Å². The summed E-state index contributed by atoms with van der Waals surface area (Å²) in [4.78, 5) is 36.4. The van der Waals surface area contributed by atoms with E-state index in [-0.39, 0.29) is 5.57 Å². The third-order valence-electron chi connectivity index (χ3n) is 4.27. The van der Waals surface area contributed by atoms with E-state index >= 15 is 0 Å². The number of urea groups is 1. The van der Waals surface area contributed by atoms with Gasteiger partial charge >= 0.3 is 6.03 Å². The van der Waals surface area contributed by atoms with Crippen LogP contribution >= 0.6 is 0 Å². The Kier molecular flexibility index (Phi) is 4.41. The van der Waals surface area contributed by atoms with Gasteiger partial charge in [0.05, 0.1) is 0 Å². The smallest absolute Gasteiger partial charge is 0.328 e. The number of hydrogen-bond acceptors (Lipinski definition) is 4. The quantitative estimate of drug-likeness (QED) is 0.649. The lowest BCUT2D eigenvalue weighted by molar-refractivity contribution is -0.124. The first kappa shape index (κ1) is 15.3. The summed E-state index contributed by atoms with van der Waals surface area (Å²) in [6.07, 6.45) is 4.65. The molecule has 0 aliphatic carbocycles. The molecule has 0 unspecified atom stereocenters. The van der Waals surface area contributed by atoms with Gasteiger partial charge in [-0.05, 0) is 30.7 Å². The van der Waals surface area contributed by atoms with Crippen LogP contribution in [0.25, 0.3) is 0 Å². The molecule has 0 radical (unpaired) electrons. The van der Waals surface area contributed by atoms with E-state index in [9.17, 15) is 14.4 Å². The molecule has 0 spiro atoms. The standard InChI is InChI=1S/C17H19N3O3/c21-15-14(16(22)19-17(23)18-15)11-20-8-6-13(7-9-20)10-12-4-2-1-3-5-12/h1-5,11,13H,6-10H2,(H2,18,19,21,22,23). The summed E-state index contributed by atoms with van der Waals surface area (Å²) in [5.74, 6) is -0.655. The molecule has 1 aromatic rings. The molecule has 2 aliphatic rings. The summed E-state index contributed by atoms with van der Waals surface area (Å²) in [7, 11) is 0. The van der Waals surface area contributed by atoms with Gasteiger partial charge in [0.25, 0.3) is 11.8 Å². The van der Waals surface area contributed by atoms with Crippen LogP contribution in [-0.4, -0.2) is 35.8 Å². The molecule has 2 heterocycles. The SMILES string of the molecule is O=C1NC(=O)C(=CN2CCC(Cc3ccccc3)CC2)C(=O)N1. The fourth-order valence-corrected chi connectivity index (χ4v) is 3.01. The maximum absolute atomic E-state index is 11.7. The van der Waals surface area contributed by atoms with Crippen LogP contribution in [0, 0.1) is 5.92 Å². The number of nitrogens with zero attached hydrogens (tertiary/aromatic N) is 1. The number of barbiturate groups is 1.